The maximum Gasteiger partial charge on any atom is 0.0646 e. The van der Waals surface area contributed by atoms with Crippen LogP contribution in [-0.2, 0) is 14.4 Å². The molecule has 4 nitrogen and oxygen atoms in total. The molecule has 0 amide bonds. The highest BCUT2D eigenvalue weighted by molar-refractivity contribution is 7.97. The van der Waals surface area contributed by atoms with Gasteiger partial charge in [-0.1, -0.05) is 0 Å². The highest BCUT2D eigenvalue weighted by Crippen LogP contribution is 2.14. The first-order chi connectivity index (χ1) is 6.46. The van der Waals surface area contributed by atoms with Crippen molar-refractivity contribution in [1.29, 1.82) is 0 Å². The second-order valence-corrected chi connectivity index (χ2v) is 6.33. The molecule has 5 heteroatoms. The van der Waals surface area contributed by atoms with Gasteiger partial charge in [0.2, 0.25) is 0 Å². The number of ether oxygens (including phenoxy) is 1. The van der Waals surface area contributed by atoms with E-state index in [-0.39, 0.29) is 6.04 Å². The topological polar surface area (TPSA) is 41.6 Å². The van der Waals surface area contributed by atoms with Crippen LogP contribution in [-0.4, -0.2) is 60.0 Å². The lowest BCUT2D eigenvalue weighted by Crippen LogP contribution is -2.54. The maximum absolute atomic E-state index is 11.8. The maximum atomic E-state index is 11.8. The lowest BCUT2D eigenvalue weighted by Gasteiger charge is -2.37. The van der Waals surface area contributed by atoms with Gasteiger partial charge in [0, 0.05) is 28.6 Å². The summed E-state index contributed by atoms with van der Waals surface area (Å²) in [6, 6.07) is 0.500. The minimum atomic E-state index is -2.13. The van der Waals surface area contributed by atoms with Crippen LogP contribution >= 0.6 is 0 Å². The van der Waals surface area contributed by atoms with E-state index in [1.807, 2.05) is 18.4 Å². The van der Waals surface area contributed by atoms with Gasteiger partial charge >= 0.3 is 0 Å². The Hall–Kier alpha value is -0.100. The van der Waals surface area contributed by atoms with Crippen LogP contribution in [0.5, 0.6) is 0 Å². The Morgan fingerprint density at radius 3 is 2.79 bits per heavy atom. The van der Waals surface area contributed by atoms with E-state index in [0.29, 0.717) is 12.6 Å². The third kappa shape index (κ3) is 2.70. The molecule has 0 aromatic heterocycles. The van der Waals surface area contributed by atoms with E-state index in [1.54, 1.807) is 6.26 Å². The summed E-state index contributed by atoms with van der Waals surface area (Å²) in [4.78, 5) is 0. The van der Waals surface area contributed by atoms with Crippen LogP contribution in [0, 0.1) is 0 Å². The Balaban J connectivity index is 2.73. The number of nitrogens with one attached hydrogen (secondary N) is 1. The number of nitrogens with zero attached hydrogens (tertiary/aromatic N) is 1. The summed E-state index contributed by atoms with van der Waals surface area (Å²) in [5, 5.41) is 3.23. The van der Waals surface area contributed by atoms with Crippen LogP contribution in [0.1, 0.15) is 6.42 Å². The normalized spacial score (nSPS) is 32.9. The van der Waals surface area contributed by atoms with Gasteiger partial charge in [0.15, 0.2) is 0 Å². The Labute approximate surface area is 86.8 Å². The van der Waals surface area contributed by atoms with Gasteiger partial charge in [0.1, 0.15) is 0 Å². The fourth-order valence-corrected chi connectivity index (χ4v) is 2.49. The SMILES string of the molecule is C=S(C)(=O)N(C)C1COCCC1NC. The molecule has 1 heterocycles. The molecule has 0 aliphatic carbocycles. The number of hydrogen-bond acceptors (Lipinski definition) is 3. The van der Waals surface area contributed by atoms with Crippen molar-refractivity contribution in [2.75, 3.05) is 33.6 Å². The molecule has 0 saturated carbocycles. The van der Waals surface area contributed by atoms with Crippen LogP contribution in [0.25, 0.3) is 0 Å². The van der Waals surface area contributed by atoms with Crippen molar-refractivity contribution in [2.24, 2.45) is 0 Å². The predicted octanol–water partition coefficient (Wildman–Crippen LogP) is -0.444. The van der Waals surface area contributed by atoms with Gasteiger partial charge in [-0.25, -0.2) is 4.31 Å². The molecule has 1 N–H and O–H groups in total. The summed E-state index contributed by atoms with van der Waals surface area (Å²) in [7, 11) is 1.64. The zero-order valence-corrected chi connectivity index (χ0v) is 9.97. The summed E-state index contributed by atoms with van der Waals surface area (Å²) >= 11 is 0. The van der Waals surface area contributed by atoms with E-state index in [9.17, 15) is 4.21 Å². The van der Waals surface area contributed by atoms with Gasteiger partial charge in [-0.2, -0.15) is 0 Å². The van der Waals surface area contributed by atoms with Crippen molar-refractivity contribution in [3.63, 3.8) is 0 Å². The summed E-state index contributed by atoms with van der Waals surface area (Å²) in [5.41, 5.74) is 0. The molecule has 3 atom stereocenters. The fourth-order valence-electron chi connectivity index (χ4n) is 1.70. The molecule has 1 rings (SSSR count). The zero-order chi connectivity index (χ0) is 10.8. The molecular weight excluding hydrogens is 200 g/mol. The Bertz CT molecular complexity index is 277. The van der Waals surface area contributed by atoms with E-state index < -0.39 is 9.71 Å². The van der Waals surface area contributed by atoms with Gasteiger partial charge in [-0.05, 0) is 26.4 Å². The highest BCUT2D eigenvalue weighted by atomic mass is 32.2. The van der Waals surface area contributed by atoms with Crippen molar-refractivity contribution in [3.05, 3.63) is 0 Å². The second kappa shape index (κ2) is 4.61. The molecule has 0 bridgehead atoms. The molecule has 0 aromatic rings. The minimum Gasteiger partial charge on any atom is -0.380 e. The summed E-state index contributed by atoms with van der Waals surface area (Å²) < 4.78 is 19.0. The fraction of sp³-hybridized carbons (Fsp3) is 0.889. The third-order valence-electron chi connectivity index (χ3n) is 2.77. The van der Waals surface area contributed by atoms with E-state index in [1.165, 1.54) is 0 Å². The lowest BCUT2D eigenvalue weighted by molar-refractivity contribution is 0.0326. The van der Waals surface area contributed by atoms with Gasteiger partial charge in [0.05, 0.1) is 12.6 Å². The van der Waals surface area contributed by atoms with Crippen molar-refractivity contribution in [3.8, 4) is 0 Å². The second-order valence-electron chi connectivity index (χ2n) is 3.83. The first kappa shape index (κ1) is 12.0. The Morgan fingerprint density at radius 2 is 2.29 bits per heavy atom. The number of hydrogen-bond donors (Lipinski definition) is 1. The molecule has 0 aromatic carbocycles. The van der Waals surface area contributed by atoms with Gasteiger partial charge in [-0.3, -0.25) is 4.21 Å². The van der Waals surface area contributed by atoms with Gasteiger partial charge in [0.25, 0.3) is 0 Å². The van der Waals surface area contributed by atoms with Crippen LogP contribution in [0.3, 0.4) is 0 Å². The smallest absolute Gasteiger partial charge is 0.0646 e. The molecule has 0 radical (unpaired) electrons. The monoisotopic (exact) mass is 220 g/mol. The Kier molecular flexibility index (Phi) is 3.94. The van der Waals surface area contributed by atoms with E-state index >= 15 is 0 Å². The molecule has 1 aliphatic rings. The van der Waals surface area contributed by atoms with Crippen LogP contribution in [0.2, 0.25) is 0 Å². The summed E-state index contributed by atoms with van der Waals surface area (Å²) in [6.45, 7) is 1.40. The lowest BCUT2D eigenvalue weighted by atomic mass is 10.0. The average Bonchev–Trinajstić information content (AvgIpc) is 2.15. The van der Waals surface area contributed by atoms with Gasteiger partial charge in [-0.15, -0.1) is 0 Å². The van der Waals surface area contributed by atoms with E-state index in [4.69, 9.17) is 4.74 Å². The molecule has 14 heavy (non-hydrogen) atoms. The van der Waals surface area contributed by atoms with Crippen LogP contribution in [0.4, 0.5) is 0 Å². The summed E-state index contributed by atoms with van der Waals surface area (Å²) in [5.74, 6) is 3.68. The minimum absolute atomic E-state index is 0.156. The largest absolute Gasteiger partial charge is 0.380 e. The van der Waals surface area contributed by atoms with Crippen molar-refractivity contribution in [1.82, 2.24) is 9.62 Å². The molecular formula is C9H20N2O2S. The first-order valence-corrected chi connectivity index (χ1v) is 6.86. The molecule has 1 saturated heterocycles. The molecule has 3 unspecified atom stereocenters. The first-order valence-electron chi connectivity index (χ1n) is 4.77. The molecule has 84 valence electrons. The van der Waals surface area contributed by atoms with E-state index in [2.05, 4.69) is 11.2 Å². The Morgan fingerprint density at radius 1 is 1.64 bits per heavy atom. The molecule has 1 fully saturated rings. The predicted molar refractivity (Wildman–Crippen MR) is 61.0 cm³/mol. The standard InChI is InChI=1S/C9H20N2O2S/c1-10-8-5-6-13-7-9(8)11(2)14(3,4)12/h8-10H,3,5-7H2,1-2,4H3. The quantitative estimate of drug-likeness (QED) is 0.655. The number of likely N-dealkylation sites (N-methyl/N-ethyl adjacent to an activating group) is 2. The average molecular weight is 220 g/mol. The van der Waals surface area contributed by atoms with Crippen molar-refractivity contribution in [2.45, 2.75) is 18.5 Å². The molecule has 0 spiro atoms. The van der Waals surface area contributed by atoms with Crippen LogP contribution in [0.15, 0.2) is 0 Å². The van der Waals surface area contributed by atoms with Crippen molar-refractivity contribution < 1.29 is 8.95 Å². The zero-order valence-electron chi connectivity index (χ0n) is 9.16. The summed E-state index contributed by atoms with van der Waals surface area (Å²) in [6.07, 6.45) is 2.62. The third-order valence-corrected chi connectivity index (χ3v) is 4.26. The number of rotatable bonds is 3. The highest BCUT2D eigenvalue weighted by Gasteiger charge is 2.30. The van der Waals surface area contributed by atoms with Crippen LogP contribution < -0.4 is 5.32 Å². The van der Waals surface area contributed by atoms with E-state index in [0.717, 1.165) is 13.0 Å². The van der Waals surface area contributed by atoms with Crippen molar-refractivity contribution >= 4 is 15.6 Å². The van der Waals surface area contributed by atoms with Gasteiger partial charge < -0.3 is 10.1 Å². The molecule has 1 aliphatic heterocycles.